The highest BCUT2D eigenvalue weighted by Gasteiger charge is 2.24. The maximum atomic E-state index is 11.2. The largest absolute Gasteiger partial charge is 0.480 e. The molecule has 1 N–H and O–H groups in total. The number of rotatable bonds is 4. The van der Waals surface area contributed by atoms with E-state index in [1.165, 1.54) is 6.42 Å². The van der Waals surface area contributed by atoms with Crippen molar-refractivity contribution in [1.29, 1.82) is 0 Å². The van der Waals surface area contributed by atoms with Gasteiger partial charge in [-0.2, -0.15) is 0 Å². The fourth-order valence-electron chi connectivity index (χ4n) is 2.42. The zero-order valence-electron chi connectivity index (χ0n) is 9.65. The van der Waals surface area contributed by atoms with Gasteiger partial charge in [0.15, 0.2) is 0 Å². The first-order valence-corrected chi connectivity index (χ1v) is 6.01. The average molecular weight is 222 g/mol. The molecule has 16 heavy (non-hydrogen) atoms. The van der Waals surface area contributed by atoms with Crippen LogP contribution in [0.15, 0.2) is 6.33 Å². The van der Waals surface area contributed by atoms with E-state index in [0.717, 1.165) is 37.1 Å². The molecule has 0 aliphatic heterocycles. The van der Waals surface area contributed by atoms with Crippen LogP contribution in [0.1, 0.15) is 50.0 Å². The molecule has 1 heterocycles. The molecule has 2 rings (SSSR count). The smallest absolute Gasteiger partial charge is 0.326 e. The second-order valence-corrected chi connectivity index (χ2v) is 4.40. The van der Waals surface area contributed by atoms with E-state index in [1.54, 1.807) is 6.33 Å². The molecule has 88 valence electrons. The van der Waals surface area contributed by atoms with Gasteiger partial charge >= 0.3 is 5.97 Å². The van der Waals surface area contributed by atoms with Crippen LogP contribution in [-0.2, 0) is 17.6 Å². The molecule has 0 fully saturated rings. The summed E-state index contributed by atoms with van der Waals surface area (Å²) >= 11 is 0. The highest BCUT2D eigenvalue weighted by atomic mass is 16.4. The Morgan fingerprint density at radius 2 is 2.31 bits per heavy atom. The van der Waals surface area contributed by atoms with Crippen molar-refractivity contribution in [2.45, 2.75) is 51.5 Å². The Hall–Kier alpha value is -1.32. The van der Waals surface area contributed by atoms with Crippen molar-refractivity contribution >= 4 is 5.97 Å². The van der Waals surface area contributed by atoms with Gasteiger partial charge in [0.1, 0.15) is 6.04 Å². The summed E-state index contributed by atoms with van der Waals surface area (Å²) in [4.78, 5) is 15.6. The third-order valence-corrected chi connectivity index (χ3v) is 3.24. The van der Waals surface area contributed by atoms with Gasteiger partial charge in [0, 0.05) is 5.69 Å². The first kappa shape index (κ1) is 11.2. The molecule has 0 bridgehead atoms. The van der Waals surface area contributed by atoms with E-state index in [2.05, 4.69) is 4.98 Å². The molecule has 0 saturated heterocycles. The van der Waals surface area contributed by atoms with Crippen LogP contribution in [-0.4, -0.2) is 20.6 Å². The summed E-state index contributed by atoms with van der Waals surface area (Å²) in [5.41, 5.74) is 2.25. The lowest BCUT2D eigenvalue weighted by atomic mass is 10.0. The van der Waals surface area contributed by atoms with E-state index in [9.17, 15) is 9.90 Å². The summed E-state index contributed by atoms with van der Waals surface area (Å²) in [6, 6.07) is -0.431. The summed E-state index contributed by atoms with van der Waals surface area (Å²) in [6.07, 6.45) is 7.57. The molecular formula is C12H18N2O2. The van der Waals surface area contributed by atoms with Crippen molar-refractivity contribution in [3.05, 3.63) is 17.7 Å². The zero-order valence-corrected chi connectivity index (χ0v) is 9.65. The lowest BCUT2D eigenvalue weighted by Crippen LogP contribution is -2.21. The van der Waals surface area contributed by atoms with E-state index in [-0.39, 0.29) is 0 Å². The molecule has 0 radical (unpaired) electrons. The summed E-state index contributed by atoms with van der Waals surface area (Å²) in [7, 11) is 0. The lowest BCUT2D eigenvalue weighted by Gasteiger charge is -2.19. The number of imidazole rings is 1. The van der Waals surface area contributed by atoms with Crippen molar-refractivity contribution in [2.75, 3.05) is 0 Å². The number of aromatic nitrogens is 2. The number of nitrogens with zero attached hydrogens (tertiary/aromatic N) is 2. The molecule has 1 aromatic rings. The predicted molar refractivity (Wildman–Crippen MR) is 60.4 cm³/mol. The van der Waals surface area contributed by atoms with Crippen molar-refractivity contribution < 1.29 is 9.90 Å². The van der Waals surface area contributed by atoms with Gasteiger partial charge in [0.2, 0.25) is 0 Å². The number of hydrogen-bond acceptors (Lipinski definition) is 2. The highest BCUT2D eigenvalue weighted by Crippen LogP contribution is 2.25. The van der Waals surface area contributed by atoms with E-state index in [1.807, 2.05) is 11.5 Å². The van der Waals surface area contributed by atoms with Gasteiger partial charge in [-0.05, 0) is 32.1 Å². The molecule has 1 unspecified atom stereocenters. The number of carboxylic acid groups (broad SMARTS) is 1. The zero-order chi connectivity index (χ0) is 11.5. The van der Waals surface area contributed by atoms with Crippen LogP contribution in [0.25, 0.3) is 0 Å². The van der Waals surface area contributed by atoms with Gasteiger partial charge in [0.05, 0.1) is 12.0 Å². The molecule has 1 aliphatic rings. The number of fused-ring (bicyclic) bond motifs is 1. The Balaban J connectivity index is 2.30. The van der Waals surface area contributed by atoms with Crippen molar-refractivity contribution in [3.8, 4) is 0 Å². The van der Waals surface area contributed by atoms with Gasteiger partial charge in [-0.25, -0.2) is 9.78 Å². The van der Waals surface area contributed by atoms with Crippen molar-refractivity contribution in [3.63, 3.8) is 0 Å². The Labute approximate surface area is 95.3 Å². The molecule has 1 aromatic heterocycles. The monoisotopic (exact) mass is 222 g/mol. The summed E-state index contributed by atoms with van der Waals surface area (Å²) in [6.45, 7) is 2.01. The number of carboxylic acids is 1. The molecule has 4 nitrogen and oxygen atoms in total. The topological polar surface area (TPSA) is 55.1 Å². The molecular weight excluding hydrogens is 204 g/mol. The Morgan fingerprint density at radius 1 is 1.56 bits per heavy atom. The third kappa shape index (κ3) is 1.96. The van der Waals surface area contributed by atoms with Crippen molar-refractivity contribution in [2.24, 2.45) is 0 Å². The fraction of sp³-hybridized carbons (Fsp3) is 0.667. The minimum Gasteiger partial charge on any atom is -0.480 e. The first-order valence-electron chi connectivity index (χ1n) is 6.01. The van der Waals surface area contributed by atoms with Crippen molar-refractivity contribution in [1.82, 2.24) is 9.55 Å². The Bertz CT molecular complexity index is 384. The third-order valence-electron chi connectivity index (χ3n) is 3.24. The van der Waals surface area contributed by atoms with Gasteiger partial charge in [0.25, 0.3) is 0 Å². The van der Waals surface area contributed by atoms with Crippen LogP contribution < -0.4 is 0 Å². The maximum absolute atomic E-state index is 11.2. The number of aryl methyl sites for hydroxylation is 1. The normalized spacial score (nSPS) is 16.8. The molecule has 0 saturated carbocycles. The SMILES string of the molecule is CCCC(C(=O)O)n1cnc2c1CCCC2. The minimum atomic E-state index is -0.743. The predicted octanol–water partition coefficient (Wildman–Crippen LogP) is 2.19. The summed E-state index contributed by atoms with van der Waals surface area (Å²) in [5.74, 6) is -0.743. The quantitative estimate of drug-likeness (QED) is 0.849. The summed E-state index contributed by atoms with van der Waals surface area (Å²) < 4.78 is 1.88. The van der Waals surface area contributed by atoms with Gasteiger partial charge in [-0.3, -0.25) is 0 Å². The fourth-order valence-corrected chi connectivity index (χ4v) is 2.42. The van der Waals surface area contributed by atoms with E-state index < -0.39 is 12.0 Å². The van der Waals surface area contributed by atoms with E-state index >= 15 is 0 Å². The standard InChI is InChI=1S/C12H18N2O2/c1-2-5-11(12(15)16)14-8-13-9-6-3-4-7-10(9)14/h8,11H,2-7H2,1H3,(H,15,16). The van der Waals surface area contributed by atoms with Crippen LogP contribution >= 0.6 is 0 Å². The second-order valence-electron chi connectivity index (χ2n) is 4.40. The lowest BCUT2D eigenvalue weighted by molar-refractivity contribution is -0.141. The molecule has 0 spiro atoms. The second kappa shape index (κ2) is 4.68. The van der Waals surface area contributed by atoms with Crippen LogP contribution in [0.5, 0.6) is 0 Å². The van der Waals surface area contributed by atoms with Crippen LogP contribution in [0.4, 0.5) is 0 Å². The molecule has 1 atom stereocenters. The molecule has 4 heteroatoms. The van der Waals surface area contributed by atoms with E-state index in [4.69, 9.17) is 0 Å². The molecule has 1 aliphatic carbocycles. The maximum Gasteiger partial charge on any atom is 0.326 e. The van der Waals surface area contributed by atoms with E-state index in [0.29, 0.717) is 6.42 Å². The minimum absolute atomic E-state index is 0.431. The molecule has 0 amide bonds. The Morgan fingerprint density at radius 3 is 3.00 bits per heavy atom. The van der Waals surface area contributed by atoms with Gasteiger partial charge in [-0.1, -0.05) is 13.3 Å². The Kier molecular flexibility index (Phi) is 3.27. The highest BCUT2D eigenvalue weighted by molar-refractivity contribution is 5.72. The number of hydrogen-bond donors (Lipinski definition) is 1. The van der Waals surface area contributed by atoms with Gasteiger partial charge < -0.3 is 9.67 Å². The van der Waals surface area contributed by atoms with Crippen LogP contribution in [0, 0.1) is 0 Å². The average Bonchev–Trinajstić information content (AvgIpc) is 2.69. The number of aliphatic carboxylic acids is 1. The van der Waals surface area contributed by atoms with Crippen LogP contribution in [0.2, 0.25) is 0 Å². The van der Waals surface area contributed by atoms with Gasteiger partial charge in [-0.15, -0.1) is 0 Å². The van der Waals surface area contributed by atoms with Crippen LogP contribution in [0.3, 0.4) is 0 Å². The first-order chi connectivity index (χ1) is 7.74. The number of carbonyl (C=O) groups is 1. The summed E-state index contributed by atoms with van der Waals surface area (Å²) in [5, 5.41) is 9.23. The molecule has 0 aromatic carbocycles.